The lowest BCUT2D eigenvalue weighted by molar-refractivity contribution is 0.0975. The first kappa shape index (κ1) is 11.5. The molecule has 4 rings (SSSR count). The predicted molar refractivity (Wildman–Crippen MR) is 75.5 cm³/mol. The Morgan fingerprint density at radius 1 is 1.24 bits per heavy atom. The highest BCUT2D eigenvalue weighted by atomic mass is 79.9. The Balaban J connectivity index is 1.74. The van der Waals surface area contributed by atoms with Crippen LogP contribution in [0, 0.1) is 12.8 Å². The number of anilines is 1. The van der Waals surface area contributed by atoms with Crippen LogP contribution in [0.3, 0.4) is 0 Å². The molecule has 0 spiro atoms. The van der Waals surface area contributed by atoms with Crippen LogP contribution in [0.4, 0.5) is 5.69 Å². The zero-order valence-electron chi connectivity index (χ0n) is 10.2. The number of fused-ring (bicyclic) bond motifs is 3. The van der Waals surface area contributed by atoms with Gasteiger partial charge >= 0.3 is 0 Å². The third kappa shape index (κ3) is 2.50. The number of hydrogen-bond acceptors (Lipinski definition) is 2. The van der Waals surface area contributed by atoms with Gasteiger partial charge in [-0.3, -0.25) is 0 Å². The molecule has 1 aromatic rings. The van der Waals surface area contributed by atoms with Crippen LogP contribution in [-0.2, 0) is 0 Å². The number of nitrogens with one attached hydrogen (secondary N) is 1. The summed E-state index contributed by atoms with van der Waals surface area (Å²) < 4.78 is 1.17. The van der Waals surface area contributed by atoms with Crippen LogP contribution < -0.4 is 5.32 Å². The quantitative estimate of drug-likeness (QED) is 0.901. The molecular formula is C14H19BrN2. The van der Waals surface area contributed by atoms with E-state index in [1.165, 1.54) is 48.2 Å². The standard InChI is InChI=1S/C14H19BrN2/c1-10-6-12(15)8-13(7-10)16-14-9-17-4-2-11(14)3-5-17/h6-8,11,14,16H,2-5,9H2,1H3. The molecule has 0 aliphatic carbocycles. The van der Waals surface area contributed by atoms with E-state index in [1.807, 2.05) is 0 Å². The molecule has 0 aromatic heterocycles. The van der Waals surface area contributed by atoms with E-state index in [9.17, 15) is 0 Å². The molecule has 1 aromatic carbocycles. The molecule has 3 saturated heterocycles. The van der Waals surface area contributed by atoms with Crippen LogP contribution in [0.2, 0.25) is 0 Å². The minimum Gasteiger partial charge on any atom is -0.381 e. The van der Waals surface area contributed by atoms with Crippen molar-refractivity contribution in [1.29, 1.82) is 0 Å². The van der Waals surface area contributed by atoms with Crippen LogP contribution >= 0.6 is 15.9 Å². The van der Waals surface area contributed by atoms with Crippen molar-refractivity contribution >= 4 is 21.6 Å². The topological polar surface area (TPSA) is 15.3 Å². The molecule has 3 heteroatoms. The van der Waals surface area contributed by atoms with Gasteiger partial charge in [0.1, 0.15) is 0 Å². The molecule has 2 bridgehead atoms. The van der Waals surface area contributed by atoms with E-state index in [0.717, 1.165) is 5.92 Å². The van der Waals surface area contributed by atoms with Gasteiger partial charge in [-0.15, -0.1) is 0 Å². The van der Waals surface area contributed by atoms with E-state index in [4.69, 9.17) is 0 Å². The molecule has 0 radical (unpaired) electrons. The largest absolute Gasteiger partial charge is 0.381 e. The Bertz CT molecular complexity index is 390. The zero-order chi connectivity index (χ0) is 11.8. The summed E-state index contributed by atoms with van der Waals surface area (Å²) in [5.74, 6) is 0.874. The average molecular weight is 295 g/mol. The molecule has 1 unspecified atom stereocenters. The second kappa shape index (κ2) is 4.62. The van der Waals surface area contributed by atoms with E-state index in [-0.39, 0.29) is 0 Å². The van der Waals surface area contributed by atoms with Crippen molar-refractivity contribution in [2.75, 3.05) is 25.0 Å². The van der Waals surface area contributed by atoms with Crippen molar-refractivity contribution in [3.8, 4) is 0 Å². The third-order valence-corrected chi connectivity index (χ3v) is 4.51. The number of piperidine rings is 3. The Labute approximate surface area is 112 Å². The predicted octanol–water partition coefficient (Wildman–Crippen LogP) is 3.26. The van der Waals surface area contributed by atoms with Gasteiger partial charge in [-0.2, -0.15) is 0 Å². The molecule has 1 N–H and O–H groups in total. The second-order valence-electron chi connectivity index (χ2n) is 5.41. The van der Waals surface area contributed by atoms with E-state index in [2.05, 4.69) is 51.3 Å². The maximum absolute atomic E-state index is 3.72. The van der Waals surface area contributed by atoms with Crippen molar-refractivity contribution < 1.29 is 0 Å². The smallest absolute Gasteiger partial charge is 0.0417 e. The minimum atomic E-state index is 0.645. The maximum atomic E-state index is 3.72. The van der Waals surface area contributed by atoms with Crippen LogP contribution in [0.1, 0.15) is 18.4 Å². The lowest BCUT2D eigenvalue weighted by Gasteiger charge is -2.45. The summed E-state index contributed by atoms with van der Waals surface area (Å²) in [6.07, 6.45) is 2.73. The lowest BCUT2D eigenvalue weighted by atomic mass is 9.84. The first-order valence-corrected chi connectivity index (χ1v) is 7.26. The molecule has 17 heavy (non-hydrogen) atoms. The fraction of sp³-hybridized carbons (Fsp3) is 0.571. The molecule has 3 heterocycles. The summed E-state index contributed by atoms with van der Waals surface area (Å²) in [6, 6.07) is 7.22. The molecule has 92 valence electrons. The molecule has 3 fully saturated rings. The highest BCUT2D eigenvalue weighted by molar-refractivity contribution is 9.10. The highest BCUT2D eigenvalue weighted by Crippen LogP contribution is 2.30. The second-order valence-corrected chi connectivity index (χ2v) is 6.32. The minimum absolute atomic E-state index is 0.645. The van der Waals surface area contributed by atoms with Crippen molar-refractivity contribution in [1.82, 2.24) is 4.90 Å². The highest BCUT2D eigenvalue weighted by Gasteiger charge is 2.33. The number of rotatable bonds is 2. The SMILES string of the molecule is Cc1cc(Br)cc(NC2CN3CCC2CC3)c1. The molecule has 0 saturated carbocycles. The van der Waals surface area contributed by atoms with E-state index in [1.54, 1.807) is 0 Å². The van der Waals surface area contributed by atoms with Gasteiger partial charge in [0.05, 0.1) is 0 Å². The van der Waals surface area contributed by atoms with Crippen LogP contribution in [0.15, 0.2) is 22.7 Å². The van der Waals surface area contributed by atoms with Gasteiger partial charge in [0.15, 0.2) is 0 Å². The number of hydrogen-bond donors (Lipinski definition) is 1. The van der Waals surface area contributed by atoms with Gasteiger partial charge in [0, 0.05) is 22.7 Å². The number of aryl methyl sites for hydroxylation is 1. The molecule has 3 aliphatic heterocycles. The van der Waals surface area contributed by atoms with Crippen molar-refractivity contribution in [3.63, 3.8) is 0 Å². The van der Waals surface area contributed by atoms with E-state index < -0.39 is 0 Å². The van der Waals surface area contributed by atoms with Crippen LogP contribution in [0.25, 0.3) is 0 Å². The van der Waals surface area contributed by atoms with E-state index in [0.29, 0.717) is 6.04 Å². The number of benzene rings is 1. The first-order valence-electron chi connectivity index (χ1n) is 6.47. The monoisotopic (exact) mass is 294 g/mol. The van der Waals surface area contributed by atoms with Gasteiger partial charge in [0.2, 0.25) is 0 Å². The van der Waals surface area contributed by atoms with Gasteiger partial charge in [-0.1, -0.05) is 15.9 Å². The molecule has 3 aliphatic rings. The number of halogens is 1. The summed E-state index contributed by atoms with van der Waals surface area (Å²) >= 11 is 3.57. The summed E-state index contributed by atoms with van der Waals surface area (Å²) in [7, 11) is 0. The average Bonchev–Trinajstić information content (AvgIpc) is 2.29. The van der Waals surface area contributed by atoms with Gasteiger partial charge < -0.3 is 10.2 Å². The first-order chi connectivity index (χ1) is 8.20. The lowest BCUT2D eigenvalue weighted by Crippen LogP contribution is -2.53. The van der Waals surface area contributed by atoms with Crippen molar-refractivity contribution in [2.24, 2.45) is 5.92 Å². The normalized spacial score (nSPS) is 31.5. The Hall–Kier alpha value is -0.540. The fourth-order valence-electron chi connectivity index (χ4n) is 3.16. The third-order valence-electron chi connectivity index (χ3n) is 4.05. The van der Waals surface area contributed by atoms with Gasteiger partial charge in [-0.25, -0.2) is 0 Å². The Morgan fingerprint density at radius 3 is 2.59 bits per heavy atom. The van der Waals surface area contributed by atoms with Crippen LogP contribution in [0.5, 0.6) is 0 Å². The maximum Gasteiger partial charge on any atom is 0.0417 e. The van der Waals surface area contributed by atoms with Crippen LogP contribution in [-0.4, -0.2) is 30.6 Å². The summed E-state index contributed by atoms with van der Waals surface area (Å²) in [5.41, 5.74) is 2.57. The van der Waals surface area contributed by atoms with E-state index >= 15 is 0 Å². The van der Waals surface area contributed by atoms with Gasteiger partial charge in [-0.05, 0) is 62.5 Å². The molecule has 2 nitrogen and oxygen atoms in total. The Morgan fingerprint density at radius 2 is 2.00 bits per heavy atom. The van der Waals surface area contributed by atoms with Gasteiger partial charge in [0.25, 0.3) is 0 Å². The number of nitrogens with zero attached hydrogens (tertiary/aromatic N) is 1. The summed E-state index contributed by atoms with van der Waals surface area (Å²) in [6.45, 7) is 5.98. The summed E-state index contributed by atoms with van der Waals surface area (Å²) in [4.78, 5) is 2.59. The van der Waals surface area contributed by atoms with Crippen molar-refractivity contribution in [3.05, 3.63) is 28.2 Å². The fourth-order valence-corrected chi connectivity index (χ4v) is 3.77. The zero-order valence-corrected chi connectivity index (χ0v) is 11.8. The molecule has 0 amide bonds. The summed E-state index contributed by atoms with van der Waals surface area (Å²) in [5, 5.41) is 3.72. The molecule has 1 atom stereocenters. The Kier molecular flexibility index (Phi) is 3.14. The molecular weight excluding hydrogens is 276 g/mol. The van der Waals surface area contributed by atoms with Crippen molar-refractivity contribution in [2.45, 2.75) is 25.8 Å².